The summed E-state index contributed by atoms with van der Waals surface area (Å²) in [6.07, 6.45) is 11.1. The number of hydrogen-bond donors (Lipinski definition) is 2. The number of carbonyl (C=O) groups is 1. The summed E-state index contributed by atoms with van der Waals surface area (Å²) >= 11 is 6.39. The van der Waals surface area contributed by atoms with E-state index < -0.39 is 0 Å². The van der Waals surface area contributed by atoms with Crippen LogP contribution in [-0.2, 0) is 19.0 Å². The third kappa shape index (κ3) is 3.96. The van der Waals surface area contributed by atoms with E-state index in [1.165, 1.54) is 0 Å². The van der Waals surface area contributed by atoms with Gasteiger partial charge in [0.1, 0.15) is 17.8 Å². The van der Waals surface area contributed by atoms with Gasteiger partial charge in [-0.05, 0) is 67.9 Å². The maximum atomic E-state index is 13.5. The van der Waals surface area contributed by atoms with Crippen LogP contribution in [0.3, 0.4) is 0 Å². The third-order valence-corrected chi connectivity index (χ3v) is 7.96. The Labute approximate surface area is 214 Å². The molecule has 6 rings (SSSR count). The van der Waals surface area contributed by atoms with Crippen LogP contribution in [0.1, 0.15) is 67.0 Å². The maximum absolute atomic E-state index is 13.5. The lowest BCUT2D eigenvalue weighted by Gasteiger charge is -2.45. The number of pyridine rings is 2. The molecule has 0 radical (unpaired) electrons. The highest BCUT2D eigenvalue weighted by atomic mass is 35.5. The van der Waals surface area contributed by atoms with Crippen LogP contribution in [0.4, 0.5) is 5.69 Å². The first kappa shape index (κ1) is 23.1. The van der Waals surface area contributed by atoms with Gasteiger partial charge in [0.2, 0.25) is 0 Å². The molecule has 0 spiro atoms. The smallest absolute Gasteiger partial charge is 0.274 e. The molecule has 0 aliphatic heterocycles. The van der Waals surface area contributed by atoms with Crippen molar-refractivity contribution < 1.29 is 4.79 Å². The molecular weight excluding hydrogens is 476 g/mol. The average molecular weight is 505 g/mol. The van der Waals surface area contributed by atoms with E-state index in [1.807, 2.05) is 36.0 Å². The second kappa shape index (κ2) is 8.38. The molecule has 2 N–H and O–H groups in total. The maximum Gasteiger partial charge on any atom is 0.274 e. The van der Waals surface area contributed by atoms with Crippen molar-refractivity contribution in [3.8, 4) is 0 Å². The summed E-state index contributed by atoms with van der Waals surface area (Å²) < 4.78 is 3.56. The minimum Gasteiger partial charge on any atom is -0.320 e. The highest BCUT2D eigenvalue weighted by Gasteiger charge is 2.48. The Bertz CT molecular complexity index is 1460. The van der Waals surface area contributed by atoms with Crippen molar-refractivity contribution in [1.29, 1.82) is 0 Å². The monoisotopic (exact) mass is 504 g/mol. The Balaban J connectivity index is 1.30. The molecule has 10 heteroatoms. The Morgan fingerprint density at radius 3 is 2.69 bits per heavy atom. The van der Waals surface area contributed by atoms with E-state index in [0.717, 1.165) is 42.6 Å². The highest BCUT2D eigenvalue weighted by Crippen LogP contribution is 2.51. The standard InChI is InChI=1S/C26H29ClN8O/c1-16-9-26(10-16,24-33-30-15-34(24)3)18-8-19(13-28-12-18)32-23(36)22-7-17(11-29-25(2)4-5-25)6-21-20(27)14-31-35(21)22/h6-8,12-16,29H,4-5,9-11H2,1-3H3,(H,32,36). The zero-order valence-electron chi connectivity index (χ0n) is 20.6. The van der Waals surface area contributed by atoms with E-state index in [2.05, 4.69) is 44.8 Å². The second-order valence-corrected chi connectivity index (χ2v) is 11.1. The molecule has 0 bridgehead atoms. The molecular formula is C26H29ClN8O. The molecule has 2 aliphatic carbocycles. The van der Waals surface area contributed by atoms with Crippen molar-refractivity contribution >= 4 is 28.7 Å². The van der Waals surface area contributed by atoms with Crippen molar-refractivity contribution in [1.82, 2.24) is 34.7 Å². The van der Waals surface area contributed by atoms with Crippen LogP contribution in [0.2, 0.25) is 5.02 Å². The molecule has 2 saturated carbocycles. The van der Waals surface area contributed by atoms with Crippen molar-refractivity contribution in [2.75, 3.05) is 5.32 Å². The lowest BCUT2D eigenvalue weighted by molar-refractivity contribution is 0.101. The van der Waals surface area contributed by atoms with E-state index in [1.54, 1.807) is 23.2 Å². The zero-order valence-corrected chi connectivity index (χ0v) is 21.4. The molecule has 36 heavy (non-hydrogen) atoms. The Hall–Kier alpha value is -3.30. The summed E-state index contributed by atoms with van der Waals surface area (Å²) in [6.45, 7) is 5.10. The fourth-order valence-corrected chi connectivity index (χ4v) is 5.59. The summed E-state index contributed by atoms with van der Waals surface area (Å²) in [5.74, 6) is 1.23. The van der Waals surface area contributed by atoms with Gasteiger partial charge in [0.05, 0.1) is 34.0 Å². The molecule has 9 nitrogen and oxygen atoms in total. The number of nitrogens with one attached hydrogen (secondary N) is 2. The first-order valence-electron chi connectivity index (χ1n) is 12.3. The van der Waals surface area contributed by atoms with Crippen LogP contribution in [0.15, 0.2) is 43.1 Å². The summed E-state index contributed by atoms with van der Waals surface area (Å²) in [4.78, 5) is 18.0. The summed E-state index contributed by atoms with van der Waals surface area (Å²) in [6, 6.07) is 5.85. The molecule has 186 valence electrons. The molecule has 4 aromatic heterocycles. The molecule has 0 saturated heterocycles. The molecule has 0 atom stereocenters. The molecule has 0 aromatic carbocycles. The van der Waals surface area contributed by atoms with E-state index >= 15 is 0 Å². The van der Waals surface area contributed by atoms with Gasteiger partial charge < -0.3 is 15.2 Å². The van der Waals surface area contributed by atoms with Gasteiger partial charge in [-0.2, -0.15) is 5.10 Å². The quantitative estimate of drug-likeness (QED) is 0.392. The Morgan fingerprint density at radius 2 is 2.00 bits per heavy atom. The van der Waals surface area contributed by atoms with Gasteiger partial charge in [0.15, 0.2) is 0 Å². The predicted molar refractivity (Wildman–Crippen MR) is 137 cm³/mol. The molecule has 0 unspecified atom stereocenters. The minimum atomic E-state index is -0.270. The van der Waals surface area contributed by atoms with Gasteiger partial charge >= 0.3 is 0 Å². The number of aryl methyl sites for hydroxylation is 1. The van der Waals surface area contributed by atoms with Crippen LogP contribution in [0, 0.1) is 5.92 Å². The van der Waals surface area contributed by atoms with Crippen LogP contribution in [0.25, 0.3) is 5.52 Å². The number of anilines is 1. The summed E-state index contributed by atoms with van der Waals surface area (Å²) in [5, 5.41) is 20.0. The van der Waals surface area contributed by atoms with Gasteiger partial charge in [-0.15, -0.1) is 10.2 Å². The first-order chi connectivity index (χ1) is 17.3. The zero-order chi connectivity index (χ0) is 25.1. The normalized spacial score (nSPS) is 22.4. The molecule has 2 aliphatic rings. The number of hydrogen-bond acceptors (Lipinski definition) is 6. The first-order valence-corrected chi connectivity index (χ1v) is 12.7. The highest BCUT2D eigenvalue weighted by molar-refractivity contribution is 6.33. The fraction of sp³-hybridized carbons (Fsp3) is 0.423. The number of amides is 1. The van der Waals surface area contributed by atoms with Gasteiger partial charge in [0.25, 0.3) is 5.91 Å². The van der Waals surface area contributed by atoms with Crippen molar-refractivity contribution in [2.24, 2.45) is 13.0 Å². The lowest BCUT2D eigenvalue weighted by atomic mass is 9.59. The Morgan fingerprint density at radius 1 is 1.19 bits per heavy atom. The number of fused-ring (bicyclic) bond motifs is 1. The Kier molecular flexibility index (Phi) is 5.38. The third-order valence-electron chi connectivity index (χ3n) is 7.67. The van der Waals surface area contributed by atoms with Gasteiger partial charge in [-0.3, -0.25) is 9.78 Å². The topological polar surface area (TPSA) is 102 Å². The molecule has 4 aromatic rings. The van der Waals surface area contributed by atoms with Crippen LogP contribution < -0.4 is 10.6 Å². The van der Waals surface area contributed by atoms with E-state index in [-0.39, 0.29) is 16.9 Å². The van der Waals surface area contributed by atoms with Crippen molar-refractivity contribution in [3.63, 3.8) is 0 Å². The van der Waals surface area contributed by atoms with Crippen LogP contribution in [-0.4, -0.2) is 40.8 Å². The number of nitrogens with zero attached hydrogens (tertiary/aromatic N) is 6. The van der Waals surface area contributed by atoms with Gasteiger partial charge in [-0.1, -0.05) is 18.5 Å². The number of halogens is 1. The summed E-state index contributed by atoms with van der Waals surface area (Å²) in [7, 11) is 1.96. The number of aromatic nitrogens is 6. The van der Waals surface area contributed by atoms with E-state index in [0.29, 0.717) is 34.4 Å². The number of rotatable bonds is 7. The fourth-order valence-electron chi connectivity index (χ4n) is 5.42. The minimum absolute atomic E-state index is 0.183. The second-order valence-electron chi connectivity index (χ2n) is 10.7. The van der Waals surface area contributed by atoms with Crippen LogP contribution in [0.5, 0.6) is 0 Å². The lowest BCUT2D eigenvalue weighted by Crippen LogP contribution is -2.43. The SMILES string of the molecule is CC1CC(c2cncc(NC(=O)c3cc(CNC4(C)CC4)cc4c(Cl)cnn34)c2)(c2nncn2C)C1. The molecule has 2 fully saturated rings. The van der Waals surface area contributed by atoms with Crippen molar-refractivity contribution in [3.05, 3.63) is 70.8 Å². The van der Waals surface area contributed by atoms with E-state index in [4.69, 9.17) is 11.6 Å². The van der Waals surface area contributed by atoms with Gasteiger partial charge in [0, 0.05) is 25.3 Å². The average Bonchev–Trinajstić information content (AvgIpc) is 3.23. The summed E-state index contributed by atoms with van der Waals surface area (Å²) in [5.41, 5.74) is 3.69. The largest absolute Gasteiger partial charge is 0.320 e. The predicted octanol–water partition coefficient (Wildman–Crippen LogP) is 4.12. The van der Waals surface area contributed by atoms with Gasteiger partial charge in [-0.25, -0.2) is 4.52 Å². The van der Waals surface area contributed by atoms with E-state index in [9.17, 15) is 4.79 Å². The van der Waals surface area contributed by atoms with Crippen LogP contribution >= 0.6 is 11.6 Å². The molecule has 1 amide bonds. The molecule has 4 heterocycles. The number of carbonyl (C=O) groups excluding carboxylic acids is 1. The van der Waals surface area contributed by atoms with Crippen molar-refractivity contribution in [2.45, 2.75) is 57.0 Å².